The van der Waals surface area contributed by atoms with E-state index in [1.54, 1.807) is 46.9 Å². The number of halogens is 3. The zero-order chi connectivity index (χ0) is 26.8. The molecule has 0 atom stereocenters. The summed E-state index contributed by atoms with van der Waals surface area (Å²) in [6.45, 7) is 1.83. The van der Waals surface area contributed by atoms with Crippen molar-refractivity contribution in [1.29, 1.82) is 0 Å². The van der Waals surface area contributed by atoms with E-state index in [0.29, 0.717) is 50.7 Å². The predicted octanol–water partition coefficient (Wildman–Crippen LogP) is 4.02. The van der Waals surface area contributed by atoms with Crippen molar-refractivity contribution in [2.75, 3.05) is 10.6 Å². The first-order chi connectivity index (χ1) is 18.1. The van der Waals surface area contributed by atoms with Gasteiger partial charge in [0.25, 0.3) is 5.91 Å². The third-order valence-corrected chi connectivity index (χ3v) is 6.31. The molecule has 0 aliphatic heterocycles. The smallest absolute Gasteiger partial charge is 0.382 e. The van der Waals surface area contributed by atoms with Crippen molar-refractivity contribution in [3.05, 3.63) is 84.0 Å². The fourth-order valence-corrected chi connectivity index (χ4v) is 4.49. The Morgan fingerprint density at radius 3 is 2.66 bits per heavy atom. The molecule has 2 N–H and O–H groups in total. The van der Waals surface area contributed by atoms with Gasteiger partial charge < -0.3 is 10.1 Å². The van der Waals surface area contributed by atoms with Crippen LogP contribution in [0.25, 0.3) is 22.2 Å². The Morgan fingerprint density at radius 2 is 1.92 bits per heavy atom. The molecule has 0 fully saturated rings. The number of carbonyl (C=O) groups is 1. The van der Waals surface area contributed by atoms with Crippen molar-refractivity contribution >= 4 is 39.6 Å². The van der Waals surface area contributed by atoms with Gasteiger partial charge in [-0.1, -0.05) is 0 Å². The highest BCUT2D eigenvalue weighted by molar-refractivity contribution is 6.07. The summed E-state index contributed by atoms with van der Waals surface area (Å²) in [6, 6.07) is 7.34. The van der Waals surface area contributed by atoms with Crippen molar-refractivity contribution in [3.63, 3.8) is 0 Å². The predicted molar refractivity (Wildman–Crippen MR) is 134 cm³/mol. The molecule has 1 aromatic carbocycles. The SMILES string of the molecule is Cc1ncn2c1c(N)nc1ccc(C(=O)N(Cc3cn4cc(C(F)(F)F)ccc4n3)c3cnn(C)c3)cc12. The third-order valence-electron chi connectivity index (χ3n) is 6.31. The zero-order valence-electron chi connectivity index (χ0n) is 20.2. The molecule has 38 heavy (non-hydrogen) atoms. The standard InChI is InChI=1S/C25H20F3N9O/c1-14-22-23(29)33-19-5-3-15(7-20(19)37(22)13-30-14)24(38)36(18-8-31-34(2)12-18)11-17-10-35-9-16(25(26,27)28)4-6-21(35)32-17/h3-10,12-13H,11H2,1-2H3,(H2,29,33). The van der Waals surface area contributed by atoms with Crippen molar-refractivity contribution in [1.82, 2.24) is 33.5 Å². The van der Waals surface area contributed by atoms with Gasteiger partial charge in [-0.2, -0.15) is 18.3 Å². The van der Waals surface area contributed by atoms with E-state index < -0.39 is 11.7 Å². The lowest BCUT2D eigenvalue weighted by Gasteiger charge is -2.20. The van der Waals surface area contributed by atoms with Crippen LogP contribution in [0.5, 0.6) is 0 Å². The average Bonchev–Trinajstić information content (AvgIpc) is 3.59. The van der Waals surface area contributed by atoms with Crippen LogP contribution in [0, 0.1) is 6.92 Å². The fourth-order valence-electron chi connectivity index (χ4n) is 4.49. The molecule has 5 aromatic heterocycles. The van der Waals surface area contributed by atoms with Gasteiger partial charge in [-0.25, -0.2) is 15.0 Å². The Kier molecular flexibility index (Phi) is 5.12. The number of alkyl halides is 3. The molecular formula is C25H20F3N9O. The molecule has 10 nitrogen and oxygen atoms in total. The van der Waals surface area contributed by atoms with E-state index in [2.05, 4.69) is 20.1 Å². The lowest BCUT2D eigenvalue weighted by molar-refractivity contribution is -0.137. The molecule has 192 valence electrons. The van der Waals surface area contributed by atoms with Crippen LogP contribution >= 0.6 is 0 Å². The number of nitrogens with zero attached hydrogens (tertiary/aromatic N) is 8. The van der Waals surface area contributed by atoms with Crippen LogP contribution in [-0.4, -0.2) is 39.4 Å². The number of imidazole rings is 2. The van der Waals surface area contributed by atoms with Crippen LogP contribution in [0.3, 0.4) is 0 Å². The molecule has 6 aromatic rings. The Bertz CT molecular complexity index is 1870. The van der Waals surface area contributed by atoms with E-state index in [-0.39, 0.29) is 12.5 Å². The normalized spacial score (nSPS) is 12.1. The second-order valence-electron chi connectivity index (χ2n) is 8.93. The molecule has 0 aliphatic carbocycles. The van der Waals surface area contributed by atoms with Gasteiger partial charge in [0.15, 0.2) is 0 Å². The van der Waals surface area contributed by atoms with Crippen LogP contribution in [0.2, 0.25) is 0 Å². The lowest BCUT2D eigenvalue weighted by Crippen LogP contribution is -2.30. The molecule has 0 bridgehead atoms. The highest BCUT2D eigenvalue weighted by Crippen LogP contribution is 2.30. The number of aryl methyl sites for hydroxylation is 2. The van der Waals surface area contributed by atoms with Gasteiger partial charge in [-0.15, -0.1) is 0 Å². The first-order valence-electron chi connectivity index (χ1n) is 11.5. The minimum Gasteiger partial charge on any atom is -0.382 e. The van der Waals surface area contributed by atoms with Crippen LogP contribution in [0.15, 0.2) is 61.4 Å². The number of pyridine rings is 1. The number of nitrogen functional groups attached to an aromatic ring is 1. The number of benzene rings is 1. The topological polar surface area (TPSA) is 112 Å². The van der Waals surface area contributed by atoms with E-state index in [0.717, 1.165) is 12.3 Å². The van der Waals surface area contributed by atoms with Crippen LogP contribution in [-0.2, 0) is 19.8 Å². The van der Waals surface area contributed by atoms with Gasteiger partial charge in [-0.3, -0.25) is 18.8 Å². The summed E-state index contributed by atoms with van der Waals surface area (Å²) < 4.78 is 44.2. The van der Waals surface area contributed by atoms with Crippen molar-refractivity contribution in [2.45, 2.75) is 19.6 Å². The Morgan fingerprint density at radius 1 is 1.11 bits per heavy atom. The van der Waals surface area contributed by atoms with Gasteiger partial charge in [0.1, 0.15) is 23.3 Å². The molecule has 0 spiro atoms. The molecule has 6 rings (SSSR count). The molecule has 0 unspecified atom stereocenters. The first-order valence-corrected chi connectivity index (χ1v) is 11.5. The molecule has 0 aliphatic rings. The molecule has 0 saturated heterocycles. The van der Waals surface area contributed by atoms with E-state index in [4.69, 9.17) is 5.73 Å². The third kappa shape index (κ3) is 3.88. The summed E-state index contributed by atoms with van der Waals surface area (Å²) in [7, 11) is 1.72. The quantitative estimate of drug-likeness (QED) is 0.377. The Hall–Kier alpha value is -4.94. The number of amides is 1. The number of nitrogens with two attached hydrogens (primary N) is 1. The van der Waals surface area contributed by atoms with E-state index in [9.17, 15) is 18.0 Å². The highest BCUT2D eigenvalue weighted by atomic mass is 19.4. The molecule has 5 heterocycles. The number of hydrogen-bond donors (Lipinski definition) is 1. The van der Waals surface area contributed by atoms with Gasteiger partial charge in [0.05, 0.1) is 46.4 Å². The fraction of sp³-hybridized carbons (Fsp3) is 0.160. The number of rotatable bonds is 4. The van der Waals surface area contributed by atoms with Crippen molar-refractivity contribution in [3.8, 4) is 0 Å². The van der Waals surface area contributed by atoms with E-state index in [1.165, 1.54) is 27.8 Å². The van der Waals surface area contributed by atoms with Crippen LogP contribution in [0.1, 0.15) is 27.3 Å². The number of carbonyl (C=O) groups excluding carboxylic acids is 1. The highest BCUT2D eigenvalue weighted by Gasteiger charge is 2.31. The number of hydrogen-bond acceptors (Lipinski definition) is 6. The minimum absolute atomic E-state index is 0.00514. The summed E-state index contributed by atoms with van der Waals surface area (Å²) in [5.41, 5.74) is 9.55. The van der Waals surface area contributed by atoms with Crippen molar-refractivity contribution in [2.24, 2.45) is 7.05 Å². The number of anilines is 2. The molecule has 0 saturated carbocycles. The van der Waals surface area contributed by atoms with Crippen molar-refractivity contribution < 1.29 is 18.0 Å². The summed E-state index contributed by atoms with van der Waals surface area (Å²) in [4.78, 5) is 28.5. The summed E-state index contributed by atoms with van der Waals surface area (Å²) in [6.07, 6.45) is 2.82. The zero-order valence-corrected chi connectivity index (χ0v) is 20.2. The monoisotopic (exact) mass is 519 g/mol. The maximum absolute atomic E-state index is 13.8. The Balaban J connectivity index is 1.41. The largest absolute Gasteiger partial charge is 0.417 e. The van der Waals surface area contributed by atoms with Gasteiger partial charge in [0.2, 0.25) is 0 Å². The Labute approximate surface area is 212 Å². The lowest BCUT2D eigenvalue weighted by atomic mass is 10.1. The summed E-state index contributed by atoms with van der Waals surface area (Å²) in [5, 5.41) is 4.18. The first kappa shape index (κ1) is 23.5. The van der Waals surface area contributed by atoms with Crippen LogP contribution in [0.4, 0.5) is 24.7 Å². The second kappa shape index (κ2) is 8.30. The second-order valence-corrected chi connectivity index (χ2v) is 8.93. The number of fused-ring (bicyclic) bond motifs is 4. The molecule has 13 heteroatoms. The van der Waals surface area contributed by atoms with E-state index >= 15 is 0 Å². The molecule has 1 amide bonds. The summed E-state index contributed by atoms with van der Waals surface area (Å²) in [5.74, 6) is -0.0150. The summed E-state index contributed by atoms with van der Waals surface area (Å²) >= 11 is 0. The number of aromatic nitrogens is 7. The molecular weight excluding hydrogens is 499 g/mol. The molecule has 0 radical (unpaired) electrons. The van der Waals surface area contributed by atoms with Gasteiger partial charge in [0, 0.05) is 31.2 Å². The average molecular weight is 519 g/mol. The van der Waals surface area contributed by atoms with Crippen LogP contribution < -0.4 is 10.6 Å². The maximum atomic E-state index is 13.8. The van der Waals surface area contributed by atoms with Gasteiger partial charge in [-0.05, 0) is 37.3 Å². The van der Waals surface area contributed by atoms with E-state index in [1.807, 2.05) is 6.92 Å². The maximum Gasteiger partial charge on any atom is 0.417 e. The van der Waals surface area contributed by atoms with Gasteiger partial charge >= 0.3 is 6.18 Å². The minimum atomic E-state index is -4.48.